The second kappa shape index (κ2) is 4.34. The highest BCUT2D eigenvalue weighted by atomic mass is 16.5. The van der Waals surface area contributed by atoms with Crippen molar-refractivity contribution in [3.05, 3.63) is 52.5 Å². The maximum absolute atomic E-state index is 12.4. The lowest BCUT2D eigenvalue weighted by Crippen LogP contribution is -2.00. The predicted molar refractivity (Wildman–Crippen MR) is 77.1 cm³/mol. The number of furan rings is 1. The van der Waals surface area contributed by atoms with E-state index in [0.29, 0.717) is 28.1 Å². The van der Waals surface area contributed by atoms with Gasteiger partial charge in [0.25, 0.3) is 0 Å². The van der Waals surface area contributed by atoms with Gasteiger partial charge < -0.3 is 13.4 Å². The largest absolute Gasteiger partial charge is 0.461 e. The molecule has 0 radical (unpaired) electrons. The number of aromatic nitrogens is 1. The van der Waals surface area contributed by atoms with Crippen molar-refractivity contribution in [2.45, 2.75) is 13.3 Å². The molecule has 4 rings (SSSR count). The van der Waals surface area contributed by atoms with Crippen molar-refractivity contribution in [3.8, 4) is 11.5 Å². The summed E-state index contributed by atoms with van der Waals surface area (Å²) in [6, 6.07) is 8.53. The molecular weight excluding hydrogens is 270 g/mol. The van der Waals surface area contributed by atoms with Gasteiger partial charge in [-0.2, -0.15) is 0 Å². The standard InChI is InChI=1S/C16H11NO4/c1-2-10-9-5-6-13-15(16(9)21-17-10)11(18)8-14(20-13)12-4-3-7-19-12/h3-8H,2H2,1H3. The average molecular weight is 281 g/mol. The van der Waals surface area contributed by atoms with Gasteiger partial charge in [0, 0.05) is 11.5 Å². The summed E-state index contributed by atoms with van der Waals surface area (Å²) in [6.45, 7) is 1.99. The molecule has 0 spiro atoms. The summed E-state index contributed by atoms with van der Waals surface area (Å²) in [4.78, 5) is 12.4. The smallest absolute Gasteiger partial charge is 0.197 e. The second-order valence-electron chi connectivity index (χ2n) is 4.75. The number of aryl methyl sites for hydroxylation is 1. The van der Waals surface area contributed by atoms with Crippen LogP contribution in [0.1, 0.15) is 12.6 Å². The van der Waals surface area contributed by atoms with Crippen molar-refractivity contribution in [2.24, 2.45) is 0 Å². The molecule has 5 nitrogen and oxygen atoms in total. The van der Waals surface area contributed by atoms with Crippen LogP contribution in [0.2, 0.25) is 0 Å². The minimum Gasteiger partial charge on any atom is -0.461 e. The Morgan fingerprint density at radius 1 is 1.19 bits per heavy atom. The molecule has 3 aromatic heterocycles. The molecule has 0 N–H and O–H groups in total. The first-order valence-electron chi connectivity index (χ1n) is 6.67. The maximum atomic E-state index is 12.4. The summed E-state index contributed by atoms with van der Waals surface area (Å²) in [5.41, 5.74) is 1.60. The summed E-state index contributed by atoms with van der Waals surface area (Å²) in [5.74, 6) is 0.910. The van der Waals surface area contributed by atoms with E-state index in [4.69, 9.17) is 13.4 Å². The Kier molecular flexibility index (Phi) is 2.47. The van der Waals surface area contributed by atoms with Crippen molar-refractivity contribution in [1.82, 2.24) is 5.16 Å². The van der Waals surface area contributed by atoms with E-state index in [1.807, 2.05) is 13.0 Å². The van der Waals surface area contributed by atoms with Crippen molar-refractivity contribution in [3.63, 3.8) is 0 Å². The van der Waals surface area contributed by atoms with Gasteiger partial charge in [0.15, 0.2) is 22.5 Å². The van der Waals surface area contributed by atoms with E-state index in [9.17, 15) is 4.79 Å². The van der Waals surface area contributed by atoms with Crippen LogP contribution in [-0.2, 0) is 6.42 Å². The minimum atomic E-state index is -0.174. The van der Waals surface area contributed by atoms with Crippen molar-refractivity contribution in [2.75, 3.05) is 0 Å². The molecule has 3 heterocycles. The topological polar surface area (TPSA) is 69.4 Å². The summed E-state index contributed by atoms with van der Waals surface area (Å²) in [5, 5.41) is 5.27. The molecule has 0 aliphatic carbocycles. The molecule has 0 atom stereocenters. The molecule has 5 heteroatoms. The molecule has 0 amide bonds. The molecule has 0 aliphatic heterocycles. The lowest BCUT2D eigenvalue weighted by molar-refractivity contribution is 0.448. The van der Waals surface area contributed by atoms with Crippen LogP contribution in [0.5, 0.6) is 0 Å². The van der Waals surface area contributed by atoms with Gasteiger partial charge in [-0.3, -0.25) is 4.79 Å². The molecule has 21 heavy (non-hydrogen) atoms. The maximum Gasteiger partial charge on any atom is 0.197 e. The lowest BCUT2D eigenvalue weighted by Gasteiger charge is -2.00. The fraction of sp³-hybridized carbons (Fsp3) is 0.125. The Hall–Kier alpha value is -2.82. The summed E-state index contributed by atoms with van der Waals surface area (Å²) in [6.07, 6.45) is 2.28. The Morgan fingerprint density at radius 3 is 2.86 bits per heavy atom. The van der Waals surface area contributed by atoms with Gasteiger partial charge in [-0.05, 0) is 30.7 Å². The highest BCUT2D eigenvalue weighted by Crippen LogP contribution is 2.28. The first kappa shape index (κ1) is 12.0. The van der Waals surface area contributed by atoms with Crippen LogP contribution >= 0.6 is 0 Å². The molecule has 0 fully saturated rings. The SMILES string of the molecule is CCc1noc2c1ccc1oc(-c3ccco3)cc(=O)c12. The lowest BCUT2D eigenvalue weighted by atomic mass is 10.1. The predicted octanol–water partition coefficient (Wildman–Crippen LogP) is 3.76. The molecule has 0 bridgehead atoms. The summed E-state index contributed by atoms with van der Waals surface area (Å²) < 4.78 is 16.4. The van der Waals surface area contributed by atoms with E-state index in [1.54, 1.807) is 18.2 Å². The van der Waals surface area contributed by atoms with Crippen LogP contribution in [0.15, 0.2) is 54.7 Å². The number of benzene rings is 1. The van der Waals surface area contributed by atoms with E-state index in [0.717, 1.165) is 17.5 Å². The van der Waals surface area contributed by atoms with Crippen LogP contribution in [0.4, 0.5) is 0 Å². The Labute approximate surface area is 118 Å². The van der Waals surface area contributed by atoms with Crippen molar-refractivity contribution < 1.29 is 13.4 Å². The number of hydrogen-bond donors (Lipinski definition) is 0. The van der Waals surface area contributed by atoms with E-state index in [1.165, 1.54) is 12.3 Å². The zero-order valence-electron chi connectivity index (χ0n) is 11.3. The molecule has 0 saturated carbocycles. The van der Waals surface area contributed by atoms with Gasteiger partial charge in [-0.1, -0.05) is 12.1 Å². The summed E-state index contributed by atoms with van der Waals surface area (Å²) >= 11 is 0. The molecule has 1 aromatic carbocycles. The number of fused-ring (bicyclic) bond motifs is 3. The Balaban J connectivity index is 2.08. The van der Waals surface area contributed by atoms with Gasteiger partial charge >= 0.3 is 0 Å². The fourth-order valence-electron chi connectivity index (χ4n) is 2.49. The average Bonchev–Trinajstić information content (AvgIpc) is 3.15. The van der Waals surface area contributed by atoms with E-state index in [2.05, 4.69) is 5.16 Å². The quantitative estimate of drug-likeness (QED) is 0.559. The first-order chi connectivity index (χ1) is 10.3. The zero-order valence-corrected chi connectivity index (χ0v) is 11.3. The number of nitrogens with zero attached hydrogens (tertiary/aromatic N) is 1. The summed E-state index contributed by atoms with van der Waals surface area (Å²) in [7, 11) is 0. The Morgan fingerprint density at radius 2 is 2.10 bits per heavy atom. The van der Waals surface area contributed by atoms with Crippen molar-refractivity contribution in [1.29, 1.82) is 0 Å². The third-order valence-electron chi connectivity index (χ3n) is 3.50. The van der Waals surface area contributed by atoms with Crippen molar-refractivity contribution >= 4 is 21.9 Å². The van der Waals surface area contributed by atoms with Gasteiger partial charge in [-0.15, -0.1) is 0 Å². The van der Waals surface area contributed by atoms with Crippen LogP contribution in [0.25, 0.3) is 33.5 Å². The van der Waals surface area contributed by atoms with Gasteiger partial charge in [0.05, 0.1) is 12.0 Å². The van der Waals surface area contributed by atoms with Gasteiger partial charge in [0.2, 0.25) is 0 Å². The monoisotopic (exact) mass is 281 g/mol. The molecule has 0 saturated heterocycles. The Bertz CT molecular complexity index is 992. The zero-order chi connectivity index (χ0) is 14.4. The van der Waals surface area contributed by atoms with Crippen LogP contribution < -0.4 is 5.43 Å². The third-order valence-corrected chi connectivity index (χ3v) is 3.50. The normalized spacial score (nSPS) is 11.5. The van der Waals surface area contributed by atoms with E-state index >= 15 is 0 Å². The first-order valence-corrected chi connectivity index (χ1v) is 6.67. The highest BCUT2D eigenvalue weighted by molar-refractivity contribution is 6.02. The second-order valence-corrected chi connectivity index (χ2v) is 4.75. The molecule has 0 aliphatic rings. The molecule has 104 valence electrons. The van der Waals surface area contributed by atoms with E-state index in [-0.39, 0.29) is 5.43 Å². The van der Waals surface area contributed by atoms with Crippen LogP contribution in [0.3, 0.4) is 0 Å². The van der Waals surface area contributed by atoms with Crippen LogP contribution in [0, 0.1) is 0 Å². The minimum absolute atomic E-state index is 0.174. The van der Waals surface area contributed by atoms with Crippen LogP contribution in [-0.4, -0.2) is 5.16 Å². The fourth-order valence-corrected chi connectivity index (χ4v) is 2.49. The third kappa shape index (κ3) is 1.71. The molecular formula is C16H11NO4. The molecule has 4 aromatic rings. The number of hydrogen-bond acceptors (Lipinski definition) is 5. The van der Waals surface area contributed by atoms with Gasteiger partial charge in [-0.25, -0.2) is 0 Å². The van der Waals surface area contributed by atoms with Gasteiger partial charge in [0.1, 0.15) is 11.0 Å². The highest BCUT2D eigenvalue weighted by Gasteiger charge is 2.16. The number of rotatable bonds is 2. The van der Waals surface area contributed by atoms with E-state index < -0.39 is 0 Å². The molecule has 0 unspecified atom stereocenters.